The zero-order valence-electron chi connectivity index (χ0n) is 14.3. The zero-order chi connectivity index (χ0) is 17.4. The summed E-state index contributed by atoms with van der Waals surface area (Å²) in [5, 5.41) is 8.19. The Labute approximate surface area is 142 Å². The molecule has 3 amide bonds. The van der Waals surface area contributed by atoms with Gasteiger partial charge in [-0.2, -0.15) is 0 Å². The van der Waals surface area contributed by atoms with E-state index in [-0.39, 0.29) is 5.91 Å². The molecule has 0 aliphatic carbocycles. The zero-order valence-corrected chi connectivity index (χ0v) is 14.3. The molecule has 24 heavy (non-hydrogen) atoms. The molecular formula is C17H26N4O3. The summed E-state index contributed by atoms with van der Waals surface area (Å²) in [6.07, 6.45) is 2.38. The van der Waals surface area contributed by atoms with Gasteiger partial charge in [-0.05, 0) is 25.0 Å². The number of rotatable bonds is 6. The van der Waals surface area contributed by atoms with E-state index in [1.165, 1.54) is 7.05 Å². The van der Waals surface area contributed by atoms with Gasteiger partial charge >= 0.3 is 6.03 Å². The minimum Gasteiger partial charge on any atom is -0.497 e. The number of hydrogen-bond donors (Lipinski definition) is 3. The number of likely N-dealkylation sites (tertiary alicyclic amines) is 1. The van der Waals surface area contributed by atoms with Gasteiger partial charge in [-0.15, -0.1) is 0 Å². The summed E-state index contributed by atoms with van der Waals surface area (Å²) < 4.78 is 5.24. The SMILES string of the molecule is CNC(=O)NC(=O)CCN1CCC(Nc2cccc(OC)c2)CC1. The van der Waals surface area contributed by atoms with Crippen LogP contribution in [0.5, 0.6) is 5.75 Å². The number of anilines is 1. The number of carbonyl (C=O) groups is 2. The van der Waals surface area contributed by atoms with Crippen LogP contribution >= 0.6 is 0 Å². The van der Waals surface area contributed by atoms with Crippen molar-refractivity contribution in [2.24, 2.45) is 0 Å². The van der Waals surface area contributed by atoms with Gasteiger partial charge in [-0.1, -0.05) is 6.07 Å². The van der Waals surface area contributed by atoms with Gasteiger partial charge in [0.2, 0.25) is 5.91 Å². The summed E-state index contributed by atoms with van der Waals surface area (Å²) in [6.45, 7) is 2.55. The van der Waals surface area contributed by atoms with E-state index < -0.39 is 6.03 Å². The molecule has 0 spiro atoms. The number of benzene rings is 1. The van der Waals surface area contributed by atoms with Crippen molar-refractivity contribution in [3.8, 4) is 5.75 Å². The molecule has 7 heteroatoms. The van der Waals surface area contributed by atoms with Crippen molar-refractivity contribution in [2.45, 2.75) is 25.3 Å². The van der Waals surface area contributed by atoms with Crippen molar-refractivity contribution in [3.05, 3.63) is 24.3 Å². The Morgan fingerprint density at radius 1 is 1.29 bits per heavy atom. The Balaban J connectivity index is 1.69. The Morgan fingerprint density at radius 2 is 2.04 bits per heavy atom. The Morgan fingerprint density at radius 3 is 2.71 bits per heavy atom. The maximum absolute atomic E-state index is 11.6. The van der Waals surface area contributed by atoms with Crippen LogP contribution in [0.15, 0.2) is 24.3 Å². The Kier molecular flexibility index (Phi) is 6.87. The third kappa shape index (κ3) is 5.73. The highest BCUT2D eigenvalue weighted by atomic mass is 16.5. The lowest BCUT2D eigenvalue weighted by molar-refractivity contribution is -0.120. The maximum Gasteiger partial charge on any atom is 0.321 e. The molecule has 0 aromatic heterocycles. The summed E-state index contributed by atoms with van der Waals surface area (Å²) in [4.78, 5) is 24.9. The number of hydrogen-bond acceptors (Lipinski definition) is 5. The predicted octanol–water partition coefficient (Wildman–Crippen LogP) is 1.42. The van der Waals surface area contributed by atoms with Gasteiger partial charge in [0.15, 0.2) is 0 Å². The van der Waals surface area contributed by atoms with Gasteiger partial charge in [0.05, 0.1) is 7.11 Å². The highest BCUT2D eigenvalue weighted by molar-refractivity contribution is 5.94. The molecule has 2 rings (SSSR count). The van der Waals surface area contributed by atoms with Crippen LogP contribution in [-0.2, 0) is 4.79 Å². The second-order valence-corrected chi connectivity index (χ2v) is 5.87. The molecule has 1 aromatic rings. The lowest BCUT2D eigenvalue weighted by Crippen LogP contribution is -2.42. The number of nitrogens with one attached hydrogen (secondary N) is 3. The molecule has 3 N–H and O–H groups in total. The molecule has 0 atom stereocenters. The van der Waals surface area contributed by atoms with Crippen LogP contribution in [0.25, 0.3) is 0 Å². The predicted molar refractivity (Wildman–Crippen MR) is 93.3 cm³/mol. The van der Waals surface area contributed by atoms with E-state index in [1.807, 2.05) is 24.3 Å². The van der Waals surface area contributed by atoms with Crippen LogP contribution in [0, 0.1) is 0 Å². The van der Waals surface area contributed by atoms with Gasteiger partial charge in [-0.3, -0.25) is 10.1 Å². The van der Waals surface area contributed by atoms with Crippen LogP contribution in [-0.4, -0.2) is 56.7 Å². The molecule has 0 radical (unpaired) electrons. The van der Waals surface area contributed by atoms with E-state index in [4.69, 9.17) is 4.74 Å². The van der Waals surface area contributed by atoms with Gasteiger partial charge in [-0.25, -0.2) is 4.79 Å². The summed E-state index contributed by atoms with van der Waals surface area (Å²) in [5.74, 6) is 0.602. The van der Waals surface area contributed by atoms with Crippen LogP contribution in [0.1, 0.15) is 19.3 Å². The molecule has 1 aliphatic heterocycles. The molecule has 1 saturated heterocycles. The standard InChI is InChI=1S/C17H26N4O3/c1-18-17(23)20-16(22)8-11-21-9-6-13(7-10-21)19-14-4-3-5-15(12-14)24-2/h3-5,12-13,19H,6-11H2,1-2H3,(H2,18,20,22,23). The third-order valence-corrected chi connectivity index (χ3v) is 4.16. The first-order chi connectivity index (χ1) is 11.6. The molecular weight excluding hydrogens is 308 g/mol. The summed E-state index contributed by atoms with van der Waals surface area (Å²) >= 11 is 0. The summed E-state index contributed by atoms with van der Waals surface area (Å²) in [5.41, 5.74) is 1.07. The van der Waals surface area contributed by atoms with E-state index in [1.54, 1.807) is 7.11 Å². The number of imide groups is 1. The normalized spacial score (nSPS) is 15.6. The highest BCUT2D eigenvalue weighted by Crippen LogP contribution is 2.20. The van der Waals surface area contributed by atoms with E-state index in [2.05, 4.69) is 20.9 Å². The van der Waals surface area contributed by atoms with Crippen LogP contribution in [0.3, 0.4) is 0 Å². The second kappa shape index (κ2) is 9.12. The minimum atomic E-state index is -0.457. The minimum absolute atomic E-state index is 0.244. The monoisotopic (exact) mass is 334 g/mol. The Bertz CT molecular complexity index is 557. The number of amides is 3. The number of methoxy groups -OCH3 is 1. The first-order valence-corrected chi connectivity index (χ1v) is 8.25. The topological polar surface area (TPSA) is 82.7 Å². The van der Waals surface area contributed by atoms with Crippen molar-refractivity contribution in [3.63, 3.8) is 0 Å². The van der Waals surface area contributed by atoms with Gasteiger partial charge < -0.3 is 20.3 Å². The first-order valence-electron chi connectivity index (χ1n) is 8.25. The molecule has 132 valence electrons. The smallest absolute Gasteiger partial charge is 0.321 e. The molecule has 0 bridgehead atoms. The quantitative estimate of drug-likeness (QED) is 0.733. The summed E-state index contributed by atoms with van der Waals surface area (Å²) in [6, 6.07) is 7.90. The molecule has 1 aliphatic rings. The molecule has 0 saturated carbocycles. The molecule has 1 heterocycles. The van der Waals surface area contributed by atoms with E-state index in [9.17, 15) is 9.59 Å². The van der Waals surface area contributed by atoms with E-state index in [0.29, 0.717) is 19.0 Å². The van der Waals surface area contributed by atoms with Gasteiger partial charge in [0.1, 0.15) is 5.75 Å². The fraction of sp³-hybridized carbons (Fsp3) is 0.529. The number of carbonyl (C=O) groups excluding carboxylic acids is 2. The lowest BCUT2D eigenvalue weighted by atomic mass is 10.0. The molecule has 0 unspecified atom stereocenters. The van der Waals surface area contributed by atoms with Crippen molar-refractivity contribution in [2.75, 3.05) is 39.1 Å². The third-order valence-electron chi connectivity index (χ3n) is 4.16. The van der Waals surface area contributed by atoms with Gasteiger partial charge in [0, 0.05) is 50.9 Å². The average molecular weight is 334 g/mol. The van der Waals surface area contributed by atoms with Crippen molar-refractivity contribution in [1.29, 1.82) is 0 Å². The number of piperidine rings is 1. The van der Waals surface area contributed by atoms with Crippen LogP contribution in [0.2, 0.25) is 0 Å². The number of urea groups is 1. The van der Waals surface area contributed by atoms with Crippen molar-refractivity contribution in [1.82, 2.24) is 15.5 Å². The van der Waals surface area contributed by atoms with Gasteiger partial charge in [0.25, 0.3) is 0 Å². The van der Waals surface area contributed by atoms with E-state index >= 15 is 0 Å². The first kappa shape index (κ1) is 18.1. The highest BCUT2D eigenvalue weighted by Gasteiger charge is 2.19. The fourth-order valence-corrected chi connectivity index (χ4v) is 2.76. The van der Waals surface area contributed by atoms with Crippen molar-refractivity contribution >= 4 is 17.6 Å². The fourth-order valence-electron chi connectivity index (χ4n) is 2.76. The molecule has 1 fully saturated rings. The number of nitrogens with zero attached hydrogens (tertiary/aromatic N) is 1. The van der Waals surface area contributed by atoms with Crippen molar-refractivity contribution < 1.29 is 14.3 Å². The van der Waals surface area contributed by atoms with Crippen LogP contribution in [0.4, 0.5) is 10.5 Å². The maximum atomic E-state index is 11.6. The largest absolute Gasteiger partial charge is 0.497 e. The van der Waals surface area contributed by atoms with E-state index in [0.717, 1.165) is 37.4 Å². The van der Waals surface area contributed by atoms with Crippen LogP contribution < -0.4 is 20.7 Å². The Hall–Kier alpha value is -2.28. The summed E-state index contributed by atoms with van der Waals surface area (Å²) in [7, 11) is 3.15. The average Bonchev–Trinajstić information content (AvgIpc) is 2.61. The molecule has 1 aromatic carbocycles. The lowest BCUT2D eigenvalue weighted by Gasteiger charge is -2.32. The second-order valence-electron chi connectivity index (χ2n) is 5.87. The number of ether oxygens (including phenoxy) is 1. The molecule has 7 nitrogen and oxygen atoms in total.